The molecular formula is C17H19NO. The van der Waals surface area contributed by atoms with E-state index in [1.54, 1.807) is 6.07 Å². The van der Waals surface area contributed by atoms with Gasteiger partial charge in [0.25, 0.3) is 0 Å². The van der Waals surface area contributed by atoms with Crippen LogP contribution in [0.4, 0.5) is 0 Å². The molecule has 98 valence electrons. The summed E-state index contributed by atoms with van der Waals surface area (Å²) in [6, 6.07) is 14.8. The lowest BCUT2D eigenvalue weighted by Crippen LogP contribution is -2.30. The highest BCUT2D eigenvalue weighted by molar-refractivity contribution is 5.43. The van der Waals surface area contributed by atoms with Crippen LogP contribution in [0.15, 0.2) is 42.5 Å². The number of aromatic hydroxyl groups is 1. The highest BCUT2D eigenvalue weighted by atomic mass is 16.3. The predicted octanol–water partition coefficient (Wildman–Crippen LogP) is 3.19. The van der Waals surface area contributed by atoms with Crippen LogP contribution in [0.1, 0.15) is 35.2 Å². The minimum Gasteiger partial charge on any atom is -0.508 e. The Bertz CT molecular complexity index is 574. The number of rotatable bonds is 2. The predicted molar refractivity (Wildman–Crippen MR) is 77.5 cm³/mol. The molecule has 0 saturated heterocycles. The van der Waals surface area contributed by atoms with E-state index in [0.717, 1.165) is 19.4 Å². The number of fused-ring (bicyclic) bond motifs is 1. The molecule has 0 bridgehead atoms. The molecule has 19 heavy (non-hydrogen) atoms. The first-order valence-electron chi connectivity index (χ1n) is 6.92. The van der Waals surface area contributed by atoms with Gasteiger partial charge >= 0.3 is 0 Å². The standard InChI is InChI=1S/C17H19NO/c1-2-12-3-5-13(6-4-12)17-16-8-7-15(19)11-14(16)9-10-18-17/h3-8,11,17-19H,2,9-10H2,1H3. The van der Waals surface area contributed by atoms with Crippen LogP contribution in [-0.4, -0.2) is 11.7 Å². The van der Waals surface area contributed by atoms with Crippen molar-refractivity contribution in [1.29, 1.82) is 0 Å². The van der Waals surface area contributed by atoms with E-state index in [2.05, 4.69) is 36.5 Å². The van der Waals surface area contributed by atoms with Gasteiger partial charge in [-0.25, -0.2) is 0 Å². The normalized spacial score (nSPS) is 18.1. The SMILES string of the molecule is CCc1ccc(C2NCCc3cc(O)ccc32)cc1. The van der Waals surface area contributed by atoms with Gasteiger partial charge < -0.3 is 10.4 Å². The Kier molecular flexibility index (Phi) is 3.26. The van der Waals surface area contributed by atoms with Crippen LogP contribution in [-0.2, 0) is 12.8 Å². The molecule has 1 atom stereocenters. The first kappa shape index (κ1) is 12.2. The molecule has 0 aromatic heterocycles. The van der Waals surface area contributed by atoms with Gasteiger partial charge in [-0.3, -0.25) is 0 Å². The largest absolute Gasteiger partial charge is 0.508 e. The van der Waals surface area contributed by atoms with Crippen LogP contribution < -0.4 is 5.32 Å². The molecule has 2 nitrogen and oxygen atoms in total. The number of hydrogen-bond acceptors (Lipinski definition) is 2. The maximum Gasteiger partial charge on any atom is 0.115 e. The summed E-state index contributed by atoms with van der Waals surface area (Å²) in [5, 5.41) is 13.2. The van der Waals surface area contributed by atoms with E-state index in [9.17, 15) is 5.11 Å². The molecule has 1 unspecified atom stereocenters. The van der Waals surface area contributed by atoms with Crippen LogP contribution in [0.2, 0.25) is 0 Å². The Morgan fingerprint density at radius 1 is 1.16 bits per heavy atom. The number of hydrogen-bond donors (Lipinski definition) is 2. The van der Waals surface area contributed by atoms with Crippen LogP contribution >= 0.6 is 0 Å². The number of phenols is 1. The van der Waals surface area contributed by atoms with E-state index in [4.69, 9.17) is 0 Å². The van der Waals surface area contributed by atoms with Gasteiger partial charge in [-0.15, -0.1) is 0 Å². The van der Waals surface area contributed by atoms with E-state index in [0.29, 0.717) is 5.75 Å². The van der Waals surface area contributed by atoms with E-state index in [1.165, 1.54) is 22.3 Å². The van der Waals surface area contributed by atoms with Crippen molar-refractivity contribution in [1.82, 2.24) is 5.32 Å². The highest BCUT2D eigenvalue weighted by Gasteiger charge is 2.21. The number of nitrogens with one attached hydrogen (secondary N) is 1. The highest BCUT2D eigenvalue weighted by Crippen LogP contribution is 2.30. The van der Waals surface area contributed by atoms with Crippen molar-refractivity contribution < 1.29 is 5.11 Å². The van der Waals surface area contributed by atoms with Crippen molar-refractivity contribution in [3.63, 3.8) is 0 Å². The van der Waals surface area contributed by atoms with Crippen molar-refractivity contribution in [3.05, 3.63) is 64.7 Å². The quantitative estimate of drug-likeness (QED) is 0.861. The summed E-state index contributed by atoms with van der Waals surface area (Å²) in [5.74, 6) is 0.362. The third kappa shape index (κ3) is 2.36. The van der Waals surface area contributed by atoms with Crippen LogP contribution in [0.3, 0.4) is 0 Å². The smallest absolute Gasteiger partial charge is 0.115 e. The van der Waals surface area contributed by atoms with Crippen LogP contribution in [0, 0.1) is 0 Å². The second kappa shape index (κ2) is 5.06. The lowest BCUT2D eigenvalue weighted by molar-refractivity contribution is 0.471. The molecule has 3 rings (SSSR count). The van der Waals surface area contributed by atoms with Gasteiger partial charge in [0, 0.05) is 6.54 Å². The van der Waals surface area contributed by atoms with Crippen molar-refractivity contribution in [3.8, 4) is 5.75 Å². The van der Waals surface area contributed by atoms with Gasteiger partial charge in [0.15, 0.2) is 0 Å². The zero-order chi connectivity index (χ0) is 13.2. The van der Waals surface area contributed by atoms with E-state index in [1.807, 2.05) is 12.1 Å². The summed E-state index contributed by atoms with van der Waals surface area (Å²) in [6.45, 7) is 3.13. The molecule has 0 fully saturated rings. The van der Waals surface area contributed by atoms with E-state index < -0.39 is 0 Å². The number of phenolic OH excluding ortho intramolecular Hbond substituents is 1. The molecule has 2 aromatic rings. The molecule has 0 saturated carbocycles. The Balaban J connectivity index is 1.98. The van der Waals surface area contributed by atoms with Crippen LogP contribution in [0.25, 0.3) is 0 Å². The molecule has 0 radical (unpaired) electrons. The fourth-order valence-electron chi connectivity index (χ4n) is 2.79. The molecule has 1 aliphatic rings. The summed E-state index contributed by atoms with van der Waals surface area (Å²) >= 11 is 0. The molecule has 0 amide bonds. The molecule has 0 spiro atoms. The zero-order valence-corrected chi connectivity index (χ0v) is 11.2. The van der Waals surface area contributed by atoms with Crippen molar-refractivity contribution in [2.45, 2.75) is 25.8 Å². The van der Waals surface area contributed by atoms with Gasteiger partial charge in [0.2, 0.25) is 0 Å². The van der Waals surface area contributed by atoms with Gasteiger partial charge in [-0.05, 0) is 47.2 Å². The number of benzene rings is 2. The maximum absolute atomic E-state index is 9.59. The van der Waals surface area contributed by atoms with Gasteiger partial charge in [-0.2, -0.15) is 0 Å². The van der Waals surface area contributed by atoms with Crippen molar-refractivity contribution in [2.75, 3.05) is 6.54 Å². The fraction of sp³-hybridized carbons (Fsp3) is 0.294. The Morgan fingerprint density at radius 3 is 2.68 bits per heavy atom. The minimum absolute atomic E-state index is 0.246. The average Bonchev–Trinajstić information content (AvgIpc) is 2.46. The summed E-state index contributed by atoms with van der Waals surface area (Å²) in [7, 11) is 0. The third-order valence-corrected chi connectivity index (χ3v) is 3.90. The summed E-state index contributed by atoms with van der Waals surface area (Å²) in [5.41, 5.74) is 5.20. The Hall–Kier alpha value is -1.80. The average molecular weight is 253 g/mol. The summed E-state index contributed by atoms with van der Waals surface area (Å²) < 4.78 is 0. The first-order chi connectivity index (χ1) is 9.28. The molecular weight excluding hydrogens is 234 g/mol. The molecule has 2 heteroatoms. The summed E-state index contributed by atoms with van der Waals surface area (Å²) in [4.78, 5) is 0. The van der Waals surface area contributed by atoms with Gasteiger partial charge in [0.1, 0.15) is 5.75 Å². The second-order valence-electron chi connectivity index (χ2n) is 5.12. The molecule has 2 N–H and O–H groups in total. The molecule has 1 heterocycles. The Labute approximate surface area is 114 Å². The lowest BCUT2D eigenvalue weighted by atomic mass is 9.89. The first-order valence-corrected chi connectivity index (χ1v) is 6.92. The monoisotopic (exact) mass is 253 g/mol. The van der Waals surface area contributed by atoms with Crippen molar-refractivity contribution in [2.24, 2.45) is 0 Å². The Morgan fingerprint density at radius 2 is 1.95 bits per heavy atom. The molecule has 2 aromatic carbocycles. The van der Waals surface area contributed by atoms with E-state index >= 15 is 0 Å². The lowest BCUT2D eigenvalue weighted by Gasteiger charge is -2.27. The van der Waals surface area contributed by atoms with Gasteiger partial charge in [0.05, 0.1) is 6.04 Å². The van der Waals surface area contributed by atoms with E-state index in [-0.39, 0.29) is 6.04 Å². The molecule has 1 aliphatic heterocycles. The third-order valence-electron chi connectivity index (χ3n) is 3.90. The minimum atomic E-state index is 0.246. The van der Waals surface area contributed by atoms with Crippen molar-refractivity contribution >= 4 is 0 Å². The fourth-order valence-corrected chi connectivity index (χ4v) is 2.79. The molecule has 0 aliphatic carbocycles. The number of aryl methyl sites for hydroxylation is 1. The zero-order valence-electron chi connectivity index (χ0n) is 11.2. The second-order valence-corrected chi connectivity index (χ2v) is 5.12. The maximum atomic E-state index is 9.59. The van der Waals surface area contributed by atoms with Crippen LogP contribution in [0.5, 0.6) is 5.75 Å². The summed E-state index contributed by atoms with van der Waals surface area (Å²) in [6.07, 6.45) is 2.05. The topological polar surface area (TPSA) is 32.3 Å². The van der Waals surface area contributed by atoms with Gasteiger partial charge in [-0.1, -0.05) is 37.3 Å².